The highest BCUT2D eigenvalue weighted by Gasteiger charge is 2.39. The monoisotopic (exact) mass is 590 g/mol. The molecule has 46 heavy (non-hydrogen) atoms. The summed E-state index contributed by atoms with van der Waals surface area (Å²) in [6, 6.07) is 43.9. The van der Waals surface area contributed by atoms with Gasteiger partial charge in [-0.3, -0.25) is 9.59 Å². The van der Waals surface area contributed by atoms with Crippen LogP contribution in [0.4, 0.5) is 11.4 Å². The summed E-state index contributed by atoms with van der Waals surface area (Å²) in [4.78, 5) is 32.7. The summed E-state index contributed by atoms with van der Waals surface area (Å²) in [5.41, 5.74) is 8.27. The molecule has 0 aliphatic carbocycles. The van der Waals surface area contributed by atoms with Gasteiger partial charge in [0.2, 0.25) is 0 Å². The lowest BCUT2D eigenvalue weighted by atomic mass is 10.0. The molecule has 1 aromatic heterocycles. The van der Waals surface area contributed by atoms with E-state index in [0.717, 1.165) is 44.1 Å². The van der Waals surface area contributed by atoms with Gasteiger partial charge in [-0.1, -0.05) is 78.9 Å². The Bertz CT molecular complexity index is 2380. The number of imide groups is 1. The highest BCUT2D eigenvalue weighted by atomic mass is 16.2. The highest BCUT2D eigenvalue weighted by molar-refractivity contribution is 6.35. The second-order valence-electron chi connectivity index (χ2n) is 11.1. The maximum atomic E-state index is 14.1. The Labute approximate surface area is 264 Å². The van der Waals surface area contributed by atoms with E-state index in [0.29, 0.717) is 33.8 Å². The minimum Gasteiger partial charge on any atom is -0.308 e. The van der Waals surface area contributed by atoms with Gasteiger partial charge in [-0.05, 0) is 76.9 Å². The van der Waals surface area contributed by atoms with Crippen LogP contribution in [0.15, 0.2) is 133 Å². The fraction of sp³-hybridized carbons (Fsp3) is 0. The van der Waals surface area contributed by atoms with Crippen molar-refractivity contribution in [2.75, 3.05) is 4.90 Å². The number of aromatic nitrogens is 1. The number of hydrogen-bond donors (Lipinski definition) is 0. The van der Waals surface area contributed by atoms with Crippen LogP contribution in [-0.4, -0.2) is 16.4 Å². The Morgan fingerprint density at radius 1 is 0.609 bits per heavy atom. The molecule has 0 bridgehead atoms. The molecule has 2 heterocycles. The lowest BCUT2D eigenvalue weighted by Gasteiger charge is -2.15. The van der Waals surface area contributed by atoms with Gasteiger partial charge in [0.25, 0.3) is 11.8 Å². The Hall–Kier alpha value is -6.76. The second-order valence-corrected chi connectivity index (χ2v) is 11.1. The largest absolute Gasteiger partial charge is 0.308 e. The number of carbonyl (C=O) groups is 2. The van der Waals surface area contributed by atoms with E-state index >= 15 is 0 Å². The standard InChI is InChI=1S/C40H22N4O2/c1-42-30-11-6-10-27(21-30)29-17-19-33-32-18-16-28(26-9-5-8-25(20-26)24-41)22-36(32)44(37(33)23-29)35-15-7-14-34-38(35)40(46)43(39(34)45)31-12-3-2-4-13-31/h2-23H. The maximum absolute atomic E-state index is 14.1. The van der Waals surface area contributed by atoms with Gasteiger partial charge in [-0.2, -0.15) is 5.26 Å². The van der Waals surface area contributed by atoms with Crippen LogP contribution in [0.5, 0.6) is 0 Å². The van der Waals surface area contributed by atoms with Gasteiger partial charge in [-0.25, -0.2) is 9.74 Å². The molecule has 6 aromatic carbocycles. The molecule has 0 radical (unpaired) electrons. The first-order valence-corrected chi connectivity index (χ1v) is 14.7. The highest BCUT2D eigenvalue weighted by Crippen LogP contribution is 2.40. The van der Waals surface area contributed by atoms with Crippen molar-refractivity contribution in [3.05, 3.63) is 162 Å². The summed E-state index contributed by atoms with van der Waals surface area (Å²) < 4.78 is 2.06. The molecule has 2 amide bonds. The number of nitrogens with zero attached hydrogens (tertiary/aromatic N) is 4. The first-order valence-electron chi connectivity index (χ1n) is 14.7. The Kier molecular flexibility index (Phi) is 6.10. The average Bonchev–Trinajstić information content (AvgIpc) is 3.58. The minimum atomic E-state index is -0.379. The van der Waals surface area contributed by atoms with Gasteiger partial charge in [0.05, 0.1) is 51.7 Å². The number of anilines is 1. The molecule has 0 atom stereocenters. The molecule has 1 aliphatic heterocycles. The van der Waals surface area contributed by atoms with Crippen molar-refractivity contribution in [1.82, 2.24) is 4.57 Å². The SMILES string of the molecule is [C-]#[N+]c1cccc(-c2ccc3c4ccc(-c5cccc(C#N)c5)cc4n(-c4cccc5c4C(=O)N(c4ccccc4)C5=O)c3c2)c1. The van der Waals surface area contributed by atoms with E-state index in [1.54, 1.807) is 42.5 Å². The van der Waals surface area contributed by atoms with Crippen LogP contribution in [0.3, 0.4) is 0 Å². The predicted molar refractivity (Wildman–Crippen MR) is 180 cm³/mol. The van der Waals surface area contributed by atoms with Crippen molar-refractivity contribution < 1.29 is 9.59 Å². The topological polar surface area (TPSA) is 70.5 Å². The summed E-state index contributed by atoms with van der Waals surface area (Å²) in [6.45, 7) is 7.49. The van der Waals surface area contributed by atoms with Crippen molar-refractivity contribution in [3.8, 4) is 34.0 Å². The summed E-state index contributed by atoms with van der Waals surface area (Å²) in [6.07, 6.45) is 0. The smallest absolute Gasteiger partial charge is 0.268 e. The lowest BCUT2D eigenvalue weighted by molar-refractivity contribution is 0.0926. The molecule has 6 nitrogen and oxygen atoms in total. The maximum Gasteiger partial charge on any atom is 0.268 e. The zero-order chi connectivity index (χ0) is 31.4. The lowest BCUT2D eigenvalue weighted by Crippen LogP contribution is -2.29. The van der Waals surface area contributed by atoms with E-state index in [9.17, 15) is 14.9 Å². The van der Waals surface area contributed by atoms with Gasteiger partial charge in [0.1, 0.15) is 0 Å². The Balaban J connectivity index is 1.42. The number of amides is 2. The van der Waals surface area contributed by atoms with Crippen LogP contribution < -0.4 is 4.90 Å². The van der Waals surface area contributed by atoms with Crippen LogP contribution in [0.1, 0.15) is 26.3 Å². The molecular weight excluding hydrogens is 568 g/mol. The molecule has 0 N–H and O–H groups in total. The first kappa shape index (κ1) is 26.8. The third-order valence-electron chi connectivity index (χ3n) is 8.55. The van der Waals surface area contributed by atoms with Crippen molar-refractivity contribution in [2.24, 2.45) is 0 Å². The summed E-state index contributed by atoms with van der Waals surface area (Å²) >= 11 is 0. The van der Waals surface area contributed by atoms with E-state index in [2.05, 4.69) is 39.7 Å². The second kappa shape index (κ2) is 10.4. The van der Waals surface area contributed by atoms with Gasteiger partial charge >= 0.3 is 0 Å². The van der Waals surface area contributed by atoms with E-state index in [-0.39, 0.29) is 11.8 Å². The summed E-state index contributed by atoms with van der Waals surface area (Å²) in [5.74, 6) is -0.741. The zero-order valence-corrected chi connectivity index (χ0v) is 24.3. The molecule has 0 saturated carbocycles. The molecule has 6 heteroatoms. The summed E-state index contributed by atoms with van der Waals surface area (Å²) in [7, 11) is 0. The Morgan fingerprint density at radius 2 is 1.24 bits per heavy atom. The van der Waals surface area contributed by atoms with Crippen LogP contribution in [0.25, 0.3) is 54.6 Å². The predicted octanol–water partition coefficient (Wildman–Crippen LogP) is 9.34. The van der Waals surface area contributed by atoms with Crippen molar-refractivity contribution in [2.45, 2.75) is 0 Å². The number of rotatable bonds is 4. The average molecular weight is 591 g/mol. The normalized spacial score (nSPS) is 12.3. The molecule has 8 rings (SSSR count). The number of para-hydroxylation sites is 1. The van der Waals surface area contributed by atoms with Crippen molar-refractivity contribution in [3.63, 3.8) is 0 Å². The molecule has 0 fully saturated rings. The minimum absolute atomic E-state index is 0.340. The van der Waals surface area contributed by atoms with Gasteiger partial charge in [-0.15, -0.1) is 0 Å². The number of benzene rings is 6. The van der Waals surface area contributed by atoms with Gasteiger partial charge < -0.3 is 4.57 Å². The van der Waals surface area contributed by atoms with Crippen molar-refractivity contribution >= 4 is 45.0 Å². The van der Waals surface area contributed by atoms with Gasteiger partial charge in [0, 0.05) is 10.8 Å². The van der Waals surface area contributed by atoms with Gasteiger partial charge in [0.15, 0.2) is 5.69 Å². The molecular formula is C40H22N4O2. The molecule has 7 aromatic rings. The summed E-state index contributed by atoms with van der Waals surface area (Å²) in [5, 5.41) is 11.5. The third kappa shape index (κ3) is 4.10. The van der Waals surface area contributed by atoms with Crippen LogP contribution >= 0.6 is 0 Å². The zero-order valence-electron chi connectivity index (χ0n) is 24.3. The molecule has 214 valence electrons. The number of nitriles is 1. The molecule has 0 unspecified atom stereocenters. The van der Waals surface area contributed by atoms with Crippen LogP contribution in [0.2, 0.25) is 0 Å². The quantitative estimate of drug-likeness (QED) is 0.151. The fourth-order valence-electron chi connectivity index (χ4n) is 6.43. The van der Waals surface area contributed by atoms with E-state index in [1.807, 2.05) is 66.7 Å². The van der Waals surface area contributed by atoms with E-state index < -0.39 is 0 Å². The molecule has 0 saturated heterocycles. The molecule has 0 spiro atoms. The third-order valence-corrected chi connectivity index (χ3v) is 8.55. The number of hydrogen-bond acceptors (Lipinski definition) is 3. The number of fused-ring (bicyclic) bond motifs is 4. The first-order chi connectivity index (χ1) is 22.6. The van der Waals surface area contributed by atoms with Crippen LogP contribution in [-0.2, 0) is 0 Å². The number of carbonyl (C=O) groups excluding carboxylic acids is 2. The molecule has 1 aliphatic rings. The van der Waals surface area contributed by atoms with E-state index in [1.165, 1.54) is 4.90 Å². The Morgan fingerprint density at radius 3 is 1.91 bits per heavy atom. The van der Waals surface area contributed by atoms with E-state index in [4.69, 9.17) is 6.57 Å². The van der Waals surface area contributed by atoms with Crippen LogP contribution in [0, 0.1) is 17.9 Å². The van der Waals surface area contributed by atoms with Crippen molar-refractivity contribution in [1.29, 1.82) is 5.26 Å². The fourth-order valence-corrected chi connectivity index (χ4v) is 6.43.